The smallest absolute Gasteiger partial charge is 0.0812 e. The van der Waals surface area contributed by atoms with Gasteiger partial charge in [-0.05, 0) is 12.0 Å². The maximum absolute atomic E-state index is 5.34. The van der Waals surface area contributed by atoms with Crippen molar-refractivity contribution in [2.75, 3.05) is 0 Å². The molecule has 0 heterocycles. The second kappa shape index (κ2) is 5.88. The van der Waals surface area contributed by atoms with Crippen LogP contribution in [0.4, 0.5) is 0 Å². The zero-order valence-corrected chi connectivity index (χ0v) is 8.46. The van der Waals surface area contributed by atoms with Gasteiger partial charge in [0, 0.05) is 6.54 Å². The van der Waals surface area contributed by atoms with Crippen LogP contribution in [0.5, 0.6) is 0 Å². The third-order valence-corrected chi connectivity index (χ3v) is 1.89. The zero-order valence-electron chi connectivity index (χ0n) is 8.46. The Morgan fingerprint density at radius 3 is 2.71 bits per heavy atom. The summed E-state index contributed by atoms with van der Waals surface area (Å²) >= 11 is 0. The summed E-state index contributed by atoms with van der Waals surface area (Å²) in [6.45, 7) is 2.86. The van der Waals surface area contributed by atoms with Crippen molar-refractivity contribution in [1.29, 1.82) is 0 Å². The average molecular weight is 185 g/mol. The normalized spacial score (nSPS) is 10.7. The molecule has 1 nitrogen and oxygen atoms in total. The van der Waals surface area contributed by atoms with Gasteiger partial charge in [-0.15, -0.1) is 6.42 Å². The molecule has 0 spiro atoms. The minimum Gasteiger partial charge on any atom is -0.374 e. The molecule has 0 aliphatic heterocycles. The van der Waals surface area contributed by atoms with Crippen LogP contribution >= 0.6 is 0 Å². The molecule has 0 aromatic heterocycles. The number of terminal acetylenes is 1. The van der Waals surface area contributed by atoms with E-state index < -0.39 is 0 Å². The van der Waals surface area contributed by atoms with Gasteiger partial charge in [0.25, 0.3) is 0 Å². The van der Waals surface area contributed by atoms with Gasteiger partial charge in [0.2, 0.25) is 0 Å². The molecule has 0 amide bonds. The Hall–Kier alpha value is -1.68. The number of rotatable bonds is 4. The van der Waals surface area contributed by atoms with Crippen LogP contribution < -0.4 is 5.32 Å². The highest BCUT2D eigenvalue weighted by atomic mass is 14.9. The minimum atomic E-state index is 0.789. The molecule has 0 unspecified atom stereocenters. The summed E-state index contributed by atoms with van der Waals surface area (Å²) in [6.07, 6.45) is 8.32. The van der Waals surface area contributed by atoms with Crippen LogP contribution in [-0.2, 0) is 6.54 Å². The first-order valence-corrected chi connectivity index (χ1v) is 4.81. The Morgan fingerprint density at radius 2 is 2.14 bits per heavy atom. The third kappa shape index (κ3) is 3.37. The van der Waals surface area contributed by atoms with Crippen molar-refractivity contribution in [3.8, 4) is 12.3 Å². The minimum absolute atomic E-state index is 0.789. The Bertz CT molecular complexity index is 330. The summed E-state index contributed by atoms with van der Waals surface area (Å²) in [6, 6.07) is 10.2. The predicted molar refractivity (Wildman–Crippen MR) is 60.5 cm³/mol. The van der Waals surface area contributed by atoms with Crippen LogP contribution in [0.15, 0.2) is 42.1 Å². The lowest BCUT2D eigenvalue weighted by atomic mass is 10.2. The van der Waals surface area contributed by atoms with Gasteiger partial charge in [-0.1, -0.05) is 49.3 Å². The molecule has 1 aromatic carbocycles. The summed E-state index contributed by atoms with van der Waals surface area (Å²) in [5.74, 6) is 2.62. The van der Waals surface area contributed by atoms with Crippen LogP contribution in [-0.4, -0.2) is 0 Å². The number of allylic oxidation sites excluding steroid dienone is 2. The van der Waals surface area contributed by atoms with E-state index in [1.807, 2.05) is 24.3 Å². The Morgan fingerprint density at radius 1 is 1.43 bits per heavy atom. The SMILES string of the molecule is C#C/C(=C\CC)NCc1ccccc1. The quantitative estimate of drug-likeness (QED) is 0.711. The fourth-order valence-electron chi connectivity index (χ4n) is 1.18. The van der Waals surface area contributed by atoms with Crippen molar-refractivity contribution < 1.29 is 0 Å². The summed E-state index contributed by atoms with van der Waals surface area (Å²) in [5.41, 5.74) is 2.11. The summed E-state index contributed by atoms with van der Waals surface area (Å²) in [7, 11) is 0. The Balaban J connectivity index is 2.49. The first-order valence-electron chi connectivity index (χ1n) is 4.81. The van der Waals surface area contributed by atoms with Crippen molar-refractivity contribution >= 4 is 0 Å². The van der Waals surface area contributed by atoms with Gasteiger partial charge < -0.3 is 5.32 Å². The van der Waals surface area contributed by atoms with Crippen LogP contribution in [0, 0.1) is 12.3 Å². The second-order valence-corrected chi connectivity index (χ2v) is 3.01. The molecule has 14 heavy (non-hydrogen) atoms. The standard InChI is InChI=1S/C13H15N/c1-3-8-13(4-2)14-11-12-9-6-5-7-10-12/h2,5-10,14H,3,11H2,1H3/b13-8+. The number of hydrogen-bond donors (Lipinski definition) is 1. The van der Waals surface area contributed by atoms with Crippen LogP contribution in [0.1, 0.15) is 18.9 Å². The Labute approximate surface area is 85.8 Å². The highest BCUT2D eigenvalue weighted by molar-refractivity contribution is 5.24. The molecule has 1 heteroatoms. The molecular formula is C13H15N. The van der Waals surface area contributed by atoms with E-state index in [-0.39, 0.29) is 0 Å². The molecule has 0 bridgehead atoms. The molecule has 0 fully saturated rings. The van der Waals surface area contributed by atoms with E-state index in [0.29, 0.717) is 0 Å². The van der Waals surface area contributed by atoms with Gasteiger partial charge in [-0.25, -0.2) is 0 Å². The fraction of sp³-hybridized carbons (Fsp3) is 0.231. The van der Waals surface area contributed by atoms with E-state index in [4.69, 9.17) is 6.42 Å². The Kier molecular flexibility index (Phi) is 4.37. The van der Waals surface area contributed by atoms with E-state index in [1.165, 1.54) is 5.56 Å². The van der Waals surface area contributed by atoms with Crippen LogP contribution in [0.25, 0.3) is 0 Å². The summed E-state index contributed by atoms with van der Waals surface area (Å²) in [5, 5.41) is 3.21. The van der Waals surface area contributed by atoms with E-state index in [1.54, 1.807) is 0 Å². The highest BCUT2D eigenvalue weighted by Gasteiger charge is 1.91. The van der Waals surface area contributed by atoms with Gasteiger partial charge >= 0.3 is 0 Å². The van der Waals surface area contributed by atoms with Gasteiger partial charge in [-0.2, -0.15) is 0 Å². The monoisotopic (exact) mass is 185 g/mol. The molecule has 1 aromatic rings. The van der Waals surface area contributed by atoms with Crippen LogP contribution in [0.3, 0.4) is 0 Å². The lowest BCUT2D eigenvalue weighted by molar-refractivity contribution is 0.833. The fourth-order valence-corrected chi connectivity index (χ4v) is 1.18. The zero-order chi connectivity index (χ0) is 10.2. The largest absolute Gasteiger partial charge is 0.374 e. The lowest BCUT2D eigenvalue weighted by Crippen LogP contribution is -2.11. The molecular weight excluding hydrogens is 170 g/mol. The maximum Gasteiger partial charge on any atom is 0.0812 e. The van der Waals surface area contributed by atoms with Crippen molar-refractivity contribution in [2.24, 2.45) is 0 Å². The van der Waals surface area contributed by atoms with Crippen molar-refractivity contribution in [1.82, 2.24) is 5.32 Å². The van der Waals surface area contributed by atoms with E-state index in [9.17, 15) is 0 Å². The number of benzene rings is 1. The third-order valence-electron chi connectivity index (χ3n) is 1.89. The molecule has 1 N–H and O–H groups in total. The van der Waals surface area contributed by atoms with Gasteiger partial charge in [0.05, 0.1) is 5.70 Å². The number of nitrogens with one attached hydrogen (secondary N) is 1. The number of hydrogen-bond acceptors (Lipinski definition) is 1. The van der Waals surface area contributed by atoms with E-state index in [0.717, 1.165) is 18.7 Å². The lowest BCUT2D eigenvalue weighted by Gasteiger charge is -2.04. The van der Waals surface area contributed by atoms with Gasteiger partial charge in [0.15, 0.2) is 0 Å². The topological polar surface area (TPSA) is 12.0 Å². The molecule has 1 rings (SSSR count). The maximum atomic E-state index is 5.34. The molecule has 72 valence electrons. The van der Waals surface area contributed by atoms with Crippen LogP contribution in [0.2, 0.25) is 0 Å². The van der Waals surface area contributed by atoms with E-state index >= 15 is 0 Å². The summed E-state index contributed by atoms with van der Waals surface area (Å²) < 4.78 is 0. The first-order chi connectivity index (χ1) is 6.86. The van der Waals surface area contributed by atoms with Crippen molar-refractivity contribution in [3.63, 3.8) is 0 Å². The van der Waals surface area contributed by atoms with Gasteiger partial charge in [0.1, 0.15) is 0 Å². The van der Waals surface area contributed by atoms with Crippen molar-refractivity contribution in [2.45, 2.75) is 19.9 Å². The molecule has 0 saturated heterocycles. The first kappa shape index (κ1) is 10.4. The molecule has 0 saturated carbocycles. The second-order valence-electron chi connectivity index (χ2n) is 3.01. The predicted octanol–water partition coefficient (Wildman–Crippen LogP) is 2.70. The molecule has 0 atom stereocenters. The molecule has 0 aliphatic carbocycles. The van der Waals surface area contributed by atoms with Crippen molar-refractivity contribution in [3.05, 3.63) is 47.7 Å². The van der Waals surface area contributed by atoms with E-state index in [2.05, 4.69) is 30.3 Å². The average Bonchev–Trinajstić information content (AvgIpc) is 2.25. The molecule has 0 aliphatic rings. The summed E-state index contributed by atoms with van der Waals surface area (Å²) in [4.78, 5) is 0. The molecule has 0 radical (unpaired) electrons. The highest BCUT2D eigenvalue weighted by Crippen LogP contribution is 1.99. The van der Waals surface area contributed by atoms with Gasteiger partial charge in [-0.3, -0.25) is 0 Å².